The van der Waals surface area contributed by atoms with E-state index in [1.807, 2.05) is 37.3 Å². The van der Waals surface area contributed by atoms with Crippen LogP contribution in [0.2, 0.25) is 0 Å². The minimum atomic E-state index is -0.267. The van der Waals surface area contributed by atoms with Gasteiger partial charge in [0.1, 0.15) is 12.1 Å². The van der Waals surface area contributed by atoms with Gasteiger partial charge in [-0.2, -0.15) is 0 Å². The van der Waals surface area contributed by atoms with Gasteiger partial charge in [0.15, 0.2) is 0 Å². The molecule has 0 aliphatic rings. The molecule has 0 amide bonds. The third kappa shape index (κ3) is 3.36. The van der Waals surface area contributed by atoms with Gasteiger partial charge in [-0.05, 0) is 26.5 Å². The lowest BCUT2D eigenvalue weighted by Gasteiger charge is -2.16. The minimum absolute atomic E-state index is 0.200. The van der Waals surface area contributed by atoms with Gasteiger partial charge in [0.2, 0.25) is 0 Å². The van der Waals surface area contributed by atoms with Crippen LogP contribution in [0, 0.1) is 0 Å². The highest BCUT2D eigenvalue weighted by Crippen LogP contribution is 2.16. The Bertz CT molecular complexity index is 311. The third-order valence-electron chi connectivity index (χ3n) is 2.35. The lowest BCUT2D eigenvalue weighted by molar-refractivity contribution is -0.150. The largest absolute Gasteiger partial charge is 0.457 e. The normalized spacial score (nSPS) is 14.3. The molecule has 1 rings (SSSR count). The van der Waals surface area contributed by atoms with Crippen molar-refractivity contribution in [2.75, 3.05) is 7.05 Å². The molecule has 1 aromatic rings. The van der Waals surface area contributed by atoms with Gasteiger partial charge < -0.3 is 10.1 Å². The molecule has 0 aliphatic carbocycles. The maximum Gasteiger partial charge on any atom is 0.323 e. The molecule has 2 unspecified atom stereocenters. The molecule has 0 aliphatic heterocycles. The van der Waals surface area contributed by atoms with E-state index in [1.54, 1.807) is 14.0 Å². The molecule has 0 saturated heterocycles. The Morgan fingerprint density at radius 3 is 2.40 bits per heavy atom. The van der Waals surface area contributed by atoms with E-state index in [4.69, 9.17) is 4.74 Å². The number of esters is 1. The zero-order valence-electron chi connectivity index (χ0n) is 9.36. The summed E-state index contributed by atoms with van der Waals surface area (Å²) in [6.07, 6.45) is -0.200. The number of carbonyl (C=O) groups excluding carboxylic acids is 1. The molecule has 2 atom stereocenters. The summed E-state index contributed by atoms with van der Waals surface area (Å²) >= 11 is 0. The van der Waals surface area contributed by atoms with E-state index >= 15 is 0 Å². The quantitative estimate of drug-likeness (QED) is 0.766. The summed E-state index contributed by atoms with van der Waals surface area (Å²) < 4.78 is 5.29. The van der Waals surface area contributed by atoms with Gasteiger partial charge in [-0.1, -0.05) is 30.3 Å². The van der Waals surface area contributed by atoms with E-state index in [1.165, 1.54) is 0 Å². The van der Waals surface area contributed by atoms with Crippen molar-refractivity contribution in [3.05, 3.63) is 35.9 Å². The predicted molar refractivity (Wildman–Crippen MR) is 59.5 cm³/mol. The number of hydrogen-bond donors (Lipinski definition) is 1. The number of rotatable bonds is 4. The Morgan fingerprint density at radius 2 is 1.87 bits per heavy atom. The highest BCUT2D eigenvalue weighted by molar-refractivity contribution is 5.75. The van der Waals surface area contributed by atoms with Gasteiger partial charge in [-0.15, -0.1) is 0 Å². The lowest BCUT2D eigenvalue weighted by Crippen LogP contribution is -2.32. The Balaban J connectivity index is 2.56. The van der Waals surface area contributed by atoms with Crippen LogP contribution in [0.25, 0.3) is 0 Å². The number of ether oxygens (including phenoxy) is 1. The van der Waals surface area contributed by atoms with E-state index in [9.17, 15) is 4.79 Å². The van der Waals surface area contributed by atoms with Crippen molar-refractivity contribution in [3.63, 3.8) is 0 Å². The highest BCUT2D eigenvalue weighted by atomic mass is 16.5. The molecular weight excluding hydrogens is 190 g/mol. The van der Waals surface area contributed by atoms with E-state index in [0.29, 0.717) is 0 Å². The first-order valence-electron chi connectivity index (χ1n) is 5.08. The Kier molecular flexibility index (Phi) is 4.31. The molecular formula is C12H17NO2. The number of hydrogen-bond acceptors (Lipinski definition) is 3. The monoisotopic (exact) mass is 207 g/mol. The molecule has 0 saturated carbocycles. The van der Waals surface area contributed by atoms with Gasteiger partial charge >= 0.3 is 5.97 Å². The zero-order chi connectivity index (χ0) is 11.3. The van der Waals surface area contributed by atoms with Gasteiger partial charge in [0.05, 0.1) is 0 Å². The molecule has 3 heteroatoms. The molecule has 0 fully saturated rings. The standard InChI is InChI=1S/C12H17NO2/c1-9(13-3)12(14)15-10(2)11-7-5-4-6-8-11/h4-10,13H,1-3H3. The fourth-order valence-corrected chi connectivity index (χ4v) is 1.19. The molecule has 0 heterocycles. The Morgan fingerprint density at radius 1 is 1.27 bits per heavy atom. The van der Waals surface area contributed by atoms with Crippen LogP contribution in [0.5, 0.6) is 0 Å². The number of benzene rings is 1. The summed E-state index contributed by atoms with van der Waals surface area (Å²) in [5, 5.41) is 2.85. The first kappa shape index (κ1) is 11.7. The predicted octanol–water partition coefficient (Wildman–Crippen LogP) is 1.90. The molecule has 0 spiro atoms. The molecule has 0 radical (unpaired) electrons. The summed E-state index contributed by atoms with van der Waals surface area (Å²) in [7, 11) is 1.74. The molecule has 0 aromatic heterocycles. The van der Waals surface area contributed by atoms with E-state index in [-0.39, 0.29) is 18.1 Å². The van der Waals surface area contributed by atoms with Crippen LogP contribution in [-0.2, 0) is 9.53 Å². The second-order valence-electron chi connectivity index (χ2n) is 3.50. The average Bonchev–Trinajstić information content (AvgIpc) is 2.29. The summed E-state index contributed by atoms with van der Waals surface area (Å²) in [5.41, 5.74) is 1.01. The van der Waals surface area contributed by atoms with Crippen molar-refractivity contribution < 1.29 is 9.53 Å². The van der Waals surface area contributed by atoms with Crippen LogP contribution in [-0.4, -0.2) is 19.1 Å². The maximum atomic E-state index is 11.5. The molecule has 1 aromatic carbocycles. The first-order valence-corrected chi connectivity index (χ1v) is 5.08. The first-order chi connectivity index (χ1) is 7.15. The van der Waals surface area contributed by atoms with Crippen LogP contribution in [0.3, 0.4) is 0 Å². The van der Waals surface area contributed by atoms with Crippen molar-refractivity contribution in [1.29, 1.82) is 0 Å². The third-order valence-corrected chi connectivity index (χ3v) is 2.35. The van der Waals surface area contributed by atoms with Crippen molar-refractivity contribution in [1.82, 2.24) is 5.32 Å². The van der Waals surface area contributed by atoms with Crippen LogP contribution in [0.15, 0.2) is 30.3 Å². The fraction of sp³-hybridized carbons (Fsp3) is 0.417. The van der Waals surface area contributed by atoms with Crippen LogP contribution in [0.4, 0.5) is 0 Å². The smallest absolute Gasteiger partial charge is 0.323 e. The maximum absolute atomic E-state index is 11.5. The molecule has 1 N–H and O–H groups in total. The van der Waals surface area contributed by atoms with Crippen molar-refractivity contribution in [2.24, 2.45) is 0 Å². The number of likely N-dealkylation sites (N-methyl/N-ethyl adjacent to an activating group) is 1. The molecule has 0 bridgehead atoms. The lowest BCUT2D eigenvalue weighted by atomic mass is 10.1. The second-order valence-corrected chi connectivity index (χ2v) is 3.50. The Labute approximate surface area is 90.4 Å². The van der Waals surface area contributed by atoms with Gasteiger partial charge in [-0.25, -0.2) is 0 Å². The second kappa shape index (κ2) is 5.51. The van der Waals surface area contributed by atoms with Crippen LogP contribution >= 0.6 is 0 Å². The van der Waals surface area contributed by atoms with Gasteiger partial charge in [0.25, 0.3) is 0 Å². The number of carbonyl (C=O) groups is 1. The van der Waals surface area contributed by atoms with Crippen molar-refractivity contribution in [3.8, 4) is 0 Å². The minimum Gasteiger partial charge on any atom is -0.457 e. The van der Waals surface area contributed by atoms with Gasteiger partial charge in [-0.3, -0.25) is 4.79 Å². The van der Waals surface area contributed by atoms with Crippen LogP contribution in [0.1, 0.15) is 25.5 Å². The fourth-order valence-electron chi connectivity index (χ4n) is 1.19. The summed E-state index contributed by atoms with van der Waals surface area (Å²) in [6, 6.07) is 9.43. The number of nitrogens with one attached hydrogen (secondary N) is 1. The van der Waals surface area contributed by atoms with E-state index in [2.05, 4.69) is 5.32 Å². The summed E-state index contributed by atoms with van der Waals surface area (Å²) in [5.74, 6) is -0.228. The zero-order valence-corrected chi connectivity index (χ0v) is 9.36. The molecule has 3 nitrogen and oxygen atoms in total. The molecule has 82 valence electrons. The van der Waals surface area contributed by atoms with Crippen molar-refractivity contribution in [2.45, 2.75) is 26.0 Å². The Hall–Kier alpha value is -1.35. The average molecular weight is 207 g/mol. The topological polar surface area (TPSA) is 38.3 Å². The van der Waals surface area contributed by atoms with E-state index < -0.39 is 0 Å². The summed E-state index contributed by atoms with van der Waals surface area (Å²) in [6.45, 7) is 3.65. The summed E-state index contributed by atoms with van der Waals surface area (Å²) in [4.78, 5) is 11.5. The SMILES string of the molecule is CNC(C)C(=O)OC(C)c1ccccc1. The van der Waals surface area contributed by atoms with E-state index in [0.717, 1.165) is 5.56 Å². The van der Waals surface area contributed by atoms with Gasteiger partial charge in [0, 0.05) is 0 Å². The highest BCUT2D eigenvalue weighted by Gasteiger charge is 2.16. The van der Waals surface area contributed by atoms with Crippen molar-refractivity contribution >= 4 is 5.97 Å². The van der Waals surface area contributed by atoms with Crippen LogP contribution < -0.4 is 5.32 Å². The molecule has 15 heavy (non-hydrogen) atoms.